The molecule has 0 spiro atoms. The lowest BCUT2D eigenvalue weighted by atomic mass is 9.97. The maximum absolute atomic E-state index is 13.0. The maximum Gasteiger partial charge on any atom is 0.161 e. The maximum atomic E-state index is 13.0. The van der Waals surface area contributed by atoms with Crippen molar-refractivity contribution in [3.63, 3.8) is 0 Å². The Morgan fingerprint density at radius 3 is 2.82 bits per heavy atom. The van der Waals surface area contributed by atoms with Gasteiger partial charge in [0.15, 0.2) is 5.17 Å². The first-order valence-corrected chi connectivity index (χ1v) is 7.42. The van der Waals surface area contributed by atoms with Crippen LogP contribution in [-0.4, -0.2) is 17.5 Å². The Morgan fingerprint density at radius 2 is 2.24 bits per heavy atom. The summed E-state index contributed by atoms with van der Waals surface area (Å²) >= 11 is 3.84. The van der Waals surface area contributed by atoms with Crippen LogP contribution in [0.3, 0.4) is 0 Å². The summed E-state index contributed by atoms with van der Waals surface area (Å²) in [7, 11) is 0. The standard InChI is InChI=1S/C12H14FIN2S/c1-12(2)6-15-11(17-7-12)16-10-4-3-8(13)5-9(10)14/h3-5H,6-7H2,1-2H3,(H,15,16). The minimum atomic E-state index is -0.209. The Balaban J connectivity index is 2.09. The molecule has 0 saturated heterocycles. The molecule has 1 aromatic rings. The molecule has 92 valence electrons. The highest BCUT2D eigenvalue weighted by Crippen LogP contribution is 2.29. The van der Waals surface area contributed by atoms with E-state index in [4.69, 9.17) is 0 Å². The van der Waals surface area contributed by atoms with E-state index in [1.165, 1.54) is 12.1 Å². The summed E-state index contributed by atoms with van der Waals surface area (Å²) in [6.45, 7) is 5.25. The summed E-state index contributed by atoms with van der Waals surface area (Å²) in [5, 5.41) is 4.18. The fourth-order valence-corrected chi connectivity index (χ4v) is 2.99. The van der Waals surface area contributed by atoms with Crippen LogP contribution >= 0.6 is 34.4 Å². The first-order chi connectivity index (χ1) is 7.96. The Kier molecular flexibility index (Phi) is 3.97. The highest BCUT2D eigenvalue weighted by atomic mass is 127. The number of rotatable bonds is 1. The molecule has 1 aliphatic rings. The number of nitrogens with one attached hydrogen (secondary N) is 1. The van der Waals surface area contributed by atoms with E-state index in [1.54, 1.807) is 17.8 Å². The van der Waals surface area contributed by atoms with Gasteiger partial charge < -0.3 is 5.32 Å². The van der Waals surface area contributed by atoms with Crippen molar-refractivity contribution in [2.45, 2.75) is 13.8 Å². The minimum absolute atomic E-state index is 0.209. The molecule has 0 aromatic heterocycles. The summed E-state index contributed by atoms with van der Waals surface area (Å²) in [6.07, 6.45) is 0. The van der Waals surface area contributed by atoms with Crippen LogP contribution in [-0.2, 0) is 0 Å². The average Bonchev–Trinajstić information content (AvgIpc) is 2.25. The van der Waals surface area contributed by atoms with Crippen LogP contribution in [0.25, 0.3) is 0 Å². The topological polar surface area (TPSA) is 24.4 Å². The van der Waals surface area contributed by atoms with E-state index in [-0.39, 0.29) is 11.2 Å². The van der Waals surface area contributed by atoms with Gasteiger partial charge in [0, 0.05) is 15.9 Å². The van der Waals surface area contributed by atoms with Crippen LogP contribution in [0.5, 0.6) is 0 Å². The predicted octanol–water partition coefficient (Wildman–Crippen LogP) is 3.97. The van der Waals surface area contributed by atoms with Gasteiger partial charge in [0.25, 0.3) is 0 Å². The third-order valence-electron chi connectivity index (χ3n) is 2.42. The second kappa shape index (κ2) is 5.14. The first kappa shape index (κ1) is 13.1. The van der Waals surface area contributed by atoms with Crippen LogP contribution in [0.4, 0.5) is 10.1 Å². The fourth-order valence-electron chi connectivity index (χ4n) is 1.42. The number of benzene rings is 1. The van der Waals surface area contributed by atoms with Gasteiger partial charge in [-0.3, -0.25) is 4.99 Å². The van der Waals surface area contributed by atoms with Crippen LogP contribution in [0.1, 0.15) is 13.8 Å². The van der Waals surface area contributed by atoms with Crippen molar-refractivity contribution in [3.8, 4) is 0 Å². The Bertz CT molecular complexity index is 460. The van der Waals surface area contributed by atoms with E-state index in [0.29, 0.717) is 0 Å². The number of hydrogen-bond acceptors (Lipinski definition) is 3. The van der Waals surface area contributed by atoms with Gasteiger partial charge in [-0.1, -0.05) is 25.6 Å². The number of thioether (sulfide) groups is 1. The van der Waals surface area contributed by atoms with Crippen molar-refractivity contribution in [2.75, 3.05) is 17.6 Å². The zero-order valence-corrected chi connectivity index (χ0v) is 12.7. The van der Waals surface area contributed by atoms with Gasteiger partial charge in [0.1, 0.15) is 5.82 Å². The molecule has 1 heterocycles. The van der Waals surface area contributed by atoms with E-state index in [1.807, 2.05) is 0 Å². The molecule has 0 unspecified atom stereocenters. The normalized spacial score (nSPS) is 18.7. The van der Waals surface area contributed by atoms with Crippen molar-refractivity contribution < 1.29 is 4.39 Å². The van der Waals surface area contributed by atoms with E-state index in [2.05, 4.69) is 46.7 Å². The molecule has 0 aliphatic carbocycles. The summed E-state index contributed by atoms with van der Waals surface area (Å²) in [4.78, 5) is 4.51. The van der Waals surface area contributed by atoms with Gasteiger partial charge in [-0.05, 0) is 46.2 Å². The lowest BCUT2D eigenvalue weighted by Gasteiger charge is -2.27. The van der Waals surface area contributed by atoms with Crippen LogP contribution in [0, 0.1) is 14.8 Å². The summed E-state index contributed by atoms with van der Waals surface area (Å²) < 4.78 is 13.8. The number of nitrogens with zero attached hydrogens (tertiary/aromatic N) is 1. The lowest BCUT2D eigenvalue weighted by molar-refractivity contribution is 0.438. The molecule has 0 bridgehead atoms. The molecule has 2 nitrogen and oxygen atoms in total. The summed E-state index contributed by atoms with van der Waals surface area (Å²) in [5.41, 5.74) is 1.18. The molecule has 5 heteroatoms. The zero-order chi connectivity index (χ0) is 12.5. The molecule has 1 aliphatic heterocycles. The Labute approximate surface area is 119 Å². The summed E-state index contributed by atoms with van der Waals surface area (Å²) in [6, 6.07) is 4.73. The quantitative estimate of drug-likeness (QED) is 0.763. The van der Waals surface area contributed by atoms with Crippen LogP contribution in [0.2, 0.25) is 0 Å². The minimum Gasteiger partial charge on any atom is -0.334 e. The van der Waals surface area contributed by atoms with Gasteiger partial charge >= 0.3 is 0 Å². The number of aliphatic imine (C=N–C) groups is 1. The molecular weight excluding hydrogens is 350 g/mol. The molecule has 0 saturated carbocycles. The molecule has 1 aromatic carbocycles. The van der Waals surface area contributed by atoms with Crippen molar-refractivity contribution in [2.24, 2.45) is 10.4 Å². The van der Waals surface area contributed by atoms with Crippen molar-refractivity contribution >= 4 is 45.2 Å². The SMILES string of the molecule is CC1(C)CN=C(Nc2ccc(F)cc2I)SC1. The predicted molar refractivity (Wildman–Crippen MR) is 81.3 cm³/mol. The van der Waals surface area contributed by atoms with Gasteiger partial charge in [0.2, 0.25) is 0 Å². The highest BCUT2D eigenvalue weighted by molar-refractivity contribution is 14.1. The molecular formula is C12H14FIN2S. The van der Waals surface area contributed by atoms with E-state index < -0.39 is 0 Å². The highest BCUT2D eigenvalue weighted by Gasteiger charge is 2.23. The van der Waals surface area contributed by atoms with E-state index in [0.717, 1.165) is 26.7 Å². The number of hydrogen-bond donors (Lipinski definition) is 1. The number of amidine groups is 1. The second-order valence-electron chi connectivity index (χ2n) is 4.82. The van der Waals surface area contributed by atoms with E-state index in [9.17, 15) is 4.39 Å². The second-order valence-corrected chi connectivity index (χ2v) is 6.95. The van der Waals surface area contributed by atoms with Crippen molar-refractivity contribution in [3.05, 3.63) is 27.6 Å². The smallest absolute Gasteiger partial charge is 0.161 e. The van der Waals surface area contributed by atoms with Crippen molar-refractivity contribution in [1.29, 1.82) is 0 Å². The lowest BCUT2D eigenvalue weighted by Crippen LogP contribution is -2.27. The molecule has 0 atom stereocenters. The zero-order valence-electron chi connectivity index (χ0n) is 9.76. The Hall–Kier alpha value is -0.300. The number of anilines is 1. The first-order valence-electron chi connectivity index (χ1n) is 5.36. The van der Waals surface area contributed by atoms with Gasteiger partial charge in [-0.25, -0.2) is 4.39 Å². The van der Waals surface area contributed by atoms with Gasteiger partial charge in [-0.2, -0.15) is 0 Å². The monoisotopic (exact) mass is 364 g/mol. The average molecular weight is 364 g/mol. The van der Waals surface area contributed by atoms with Crippen LogP contribution < -0.4 is 5.32 Å². The third kappa shape index (κ3) is 3.58. The fraction of sp³-hybridized carbons (Fsp3) is 0.417. The molecule has 17 heavy (non-hydrogen) atoms. The summed E-state index contributed by atoms with van der Waals surface area (Å²) in [5.74, 6) is 0.843. The van der Waals surface area contributed by atoms with Gasteiger partial charge in [0.05, 0.1) is 5.69 Å². The van der Waals surface area contributed by atoms with Crippen molar-refractivity contribution in [1.82, 2.24) is 0 Å². The molecule has 0 radical (unpaired) electrons. The molecule has 0 fully saturated rings. The molecule has 1 N–H and O–H groups in total. The van der Waals surface area contributed by atoms with E-state index >= 15 is 0 Å². The third-order valence-corrected chi connectivity index (χ3v) is 4.75. The van der Waals surface area contributed by atoms with Gasteiger partial charge in [-0.15, -0.1) is 0 Å². The molecule has 2 rings (SSSR count). The van der Waals surface area contributed by atoms with Crippen LogP contribution in [0.15, 0.2) is 23.2 Å². The largest absolute Gasteiger partial charge is 0.334 e. The number of halogens is 2. The Morgan fingerprint density at radius 1 is 1.47 bits per heavy atom. The molecule has 0 amide bonds.